The first kappa shape index (κ1) is 6.43. The second kappa shape index (κ2) is 3.61. The number of carbonyl (C=O) groups excluding carboxylic acids is 1. The molecule has 0 atom stereocenters. The van der Waals surface area contributed by atoms with E-state index < -0.39 is 0 Å². The lowest BCUT2D eigenvalue weighted by Gasteiger charge is -1.89. The predicted molar refractivity (Wildman–Crippen MR) is 27.8 cm³/mol. The highest BCUT2D eigenvalue weighted by molar-refractivity contribution is 5.73. The van der Waals surface area contributed by atoms with Gasteiger partial charge in [0, 0.05) is 15.0 Å². The van der Waals surface area contributed by atoms with Crippen LogP contribution in [0, 0.1) is 0 Å². The fourth-order valence-electron chi connectivity index (χ4n) is 0.203. The second-order valence-corrected chi connectivity index (χ2v) is 1.21. The molecule has 1 amide bonds. The Hall–Kier alpha value is -0.570. The van der Waals surface area contributed by atoms with Crippen LogP contribution in [0.4, 0.5) is 0 Å². The Morgan fingerprint density at radius 1 is 2.00 bits per heavy atom. The number of primary amides is 1. The minimum Gasteiger partial charge on any atom is -0.384 e. The standard InChI is InChI=1S/C4H9NO2.H2/c1-7-3-2-4(5)6;/h2-3H2,1H3,(H2,5,6);1H. The highest BCUT2D eigenvalue weighted by atomic mass is 16.5. The summed E-state index contributed by atoms with van der Waals surface area (Å²) in [6.07, 6.45) is 0.316. The largest absolute Gasteiger partial charge is 0.384 e. The molecule has 44 valence electrons. The van der Waals surface area contributed by atoms with Crippen LogP contribution >= 0.6 is 0 Å². The quantitative estimate of drug-likeness (QED) is 0.538. The zero-order chi connectivity index (χ0) is 5.70. The molecule has 0 aliphatic heterocycles. The Bertz CT molecular complexity index is 67.1. The fourth-order valence-corrected chi connectivity index (χ4v) is 0.203. The average molecular weight is 105 g/mol. The summed E-state index contributed by atoms with van der Waals surface area (Å²) in [5, 5.41) is 0. The van der Waals surface area contributed by atoms with E-state index in [0.717, 1.165) is 0 Å². The van der Waals surface area contributed by atoms with Crippen molar-refractivity contribution in [3.8, 4) is 0 Å². The maximum atomic E-state index is 9.90. The lowest BCUT2D eigenvalue weighted by Crippen LogP contribution is -2.12. The van der Waals surface area contributed by atoms with Crippen LogP contribution in [0.3, 0.4) is 0 Å². The van der Waals surface area contributed by atoms with Gasteiger partial charge in [0.2, 0.25) is 5.91 Å². The summed E-state index contributed by atoms with van der Waals surface area (Å²) in [6, 6.07) is 0. The van der Waals surface area contributed by atoms with Gasteiger partial charge in [0.25, 0.3) is 0 Å². The number of ether oxygens (including phenoxy) is 1. The number of methoxy groups -OCH3 is 1. The molecule has 3 nitrogen and oxygen atoms in total. The van der Waals surface area contributed by atoms with Gasteiger partial charge in [-0.05, 0) is 0 Å². The zero-order valence-electron chi connectivity index (χ0n) is 4.31. The van der Waals surface area contributed by atoms with Gasteiger partial charge in [-0.1, -0.05) is 0 Å². The van der Waals surface area contributed by atoms with Gasteiger partial charge >= 0.3 is 0 Å². The molecule has 0 heterocycles. The molecule has 0 saturated heterocycles. The van der Waals surface area contributed by atoms with Crippen molar-refractivity contribution < 1.29 is 11.0 Å². The van der Waals surface area contributed by atoms with Crippen LogP contribution in [0.25, 0.3) is 0 Å². The SMILES string of the molecule is COCCC(N)=O.[HH]. The van der Waals surface area contributed by atoms with Crippen molar-refractivity contribution in [2.75, 3.05) is 13.7 Å². The van der Waals surface area contributed by atoms with E-state index in [-0.39, 0.29) is 7.33 Å². The van der Waals surface area contributed by atoms with E-state index in [0.29, 0.717) is 13.0 Å². The molecule has 0 rings (SSSR count). The molecule has 0 unspecified atom stereocenters. The van der Waals surface area contributed by atoms with Crippen LogP contribution in [0.1, 0.15) is 7.85 Å². The molecule has 0 aromatic heterocycles. The molecule has 3 heteroatoms. The first-order valence-electron chi connectivity index (χ1n) is 2.04. The van der Waals surface area contributed by atoms with Gasteiger partial charge in [-0.25, -0.2) is 0 Å². The van der Waals surface area contributed by atoms with Crippen LogP contribution in [-0.4, -0.2) is 19.6 Å². The lowest BCUT2D eigenvalue weighted by molar-refractivity contribution is -0.118. The molecule has 2 N–H and O–H groups in total. The average Bonchev–Trinajstić information content (AvgIpc) is 1.61. The topological polar surface area (TPSA) is 52.3 Å². The van der Waals surface area contributed by atoms with Gasteiger partial charge in [-0.3, -0.25) is 4.79 Å². The molecule has 0 radical (unpaired) electrons. The number of nitrogens with two attached hydrogens (primary N) is 1. The lowest BCUT2D eigenvalue weighted by atomic mass is 10.4. The van der Waals surface area contributed by atoms with Crippen molar-refractivity contribution >= 4 is 5.91 Å². The second-order valence-electron chi connectivity index (χ2n) is 1.21. The monoisotopic (exact) mass is 105 g/mol. The molecular formula is C4H11NO2. The van der Waals surface area contributed by atoms with E-state index in [9.17, 15) is 4.79 Å². The van der Waals surface area contributed by atoms with Crippen LogP contribution in [0.5, 0.6) is 0 Å². The van der Waals surface area contributed by atoms with Crippen molar-refractivity contribution in [3.05, 3.63) is 0 Å². The number of amides is 1. The summed E-state index contributed by atoms with van der Waals surface area (Å²) in [4.78, 5) is 9.90. The maximum Gasteiger partial charge on any atom is 0.219 e. The zero-order valence-corrected chi connectivity index (χ0v) is 4.31. The Morgan fingerprint density at radius 3 is 2.71 bits per heavy atom. The number of hydrogen-bond acceptors (Lipinski definition) is 2. The molecule has 0 aromatic rings. The Kier molecular flexibility index (Phi) is 3.32. The summed E-state index contributed by atoms with van der Waals surface area (Å²) >= 11 is 0. The van der Waals surface area contributed by atoms with Crippen LogP contribution in [0.15, 0.2) is 0 Å². The minimum atomic E-state index is -0.318. The van der Waals surface area contributed by atoms with E-state index in [1.807, 2.05) is 0 Å². The molecule has 0 bridgehead atoms. The van der Waals surface area contributed by atoms with Crippen molar-refractivity contribution in [1.82, 2.24) is 0 Å². The van der Waals surface area contributed by atoms with Gasteiger partial charge in [-0.15, -0.1) is 0 Å². The van der Waals surface area contributed by atoms with Gasteiger partial charge in [0.05, 0.1) is 6.61 Å². The molecule has 0 aromatic carbocycles. The van der Waals surface area contributed by atoms with E-state index in [1.165, 1.54) is 7.11 Å². The molecule has 0 spiro atoms. The summed E-state index contributed by atoms with van der Waals surface area (Å²) in [5.41, 5.74) is 4.76. The summed E-state index contributed by atoms with van der Waals surface area (Å²) in [6.45, 7) is 0.426. The third-order valence-corrected chi connectivity index (χ3v) is 0.553. The highest BCUT2D eigenvalue weighted by Gasteiger charge is 1.88. The minimum absolute atomic E-state index is 0. The molecule has 7 heavy (non-hydrogen) atoms. The van der Waals surface area contributed by atoms with Crippen molar-refractivity contribution in [3.63, 3.8) is 0 Å². The highest BCUT2D eigenvalue weighted by Crippen LogP contribution is 1.74. The van der Waals surface area contributed by atoms with Crippen molar-refractivity contribution in [1.29, 1.82) is 0 Å². The van der Waals surface area contributed by atoms with Crippen molar-refractivity contribution in [2.24, 2.45) is 5.73 Å². The van der Waals surface area contributed by atoms with Crippen LogP contribution in [0.2, 0.25) is 0 Å². The van der Waals surface area contributed by atoms with E-state index in [1.54, 1.807) is 0 Å². The third kappa shape index (κ3) is 5.43. The van der Waals surface area contributed by atoms with Crippen LogP contribution < -0.4 is 5.73 Å². The van der Waals surface area contributed by atoms with Gasteiger partial charge in [-0.2, -0.15) is 0 Å². The number of rotatable bonds is 3. The molecule has 0 saturated carbocycles. The first-order valence-corrected chi connectivity index (χ1v) is 2.04. The Labute approximate surface area is 43.9 Å². The Balaban J connectivity index is 0. The van der Waals surface area contributed by atoms with Gasteiger partial charge in [0.15, 0.2) is 0 Å². The smallest absolute Gasteiger partial charge is 0.219 e. The summed E-state index contributed by atoms with van der Waals surface area (Å²) in [5.74, 6) is -0.318. The summed E-state index contributed by atoms with van der Waals surface area (Å²) in [7, 11) is 1.53. The maximum absolute atomic E-state index is 9.90. The summed E-state index contributed by atoms with van der Waals surface area (Å²) < 4.78 is 4.55. The third-order valence-electron chi connectivity index (χ3n) is 0.553. The van der Waals surface area contributed by atoms with Crippen molar-refractivity contribution in [2.45, 2.75) is 6.42 Å². The fraction of sp³-hybridized carbons (Fsp3) is 0.750. The van der Waals surface area contributed by atoms with Gasteiger partial charge < -0.3 is 10.5 Å². The van der Waals surface area contributed by atoms with E-state index in [4.69, 9.17) is 5.73 Å². The Morgan fingerprint density at radius 2 is 2.57 bits per heavy atom. The van der Waals surface area contributed by atoms with Gasteiger partial charge in [0.1, 0.15) is 0 Å². The predicted octanol–water partition coefficient (Wildman–Crippen LogP) is -0.246. The van der Waals surface area contributed by atoms with Crippen LogP contribution in [-0.2, 0) is 9.53 Å². The first-order chi connectivity index (χ1) is 3.27. The molecule has 0 aliphatic carbocycles. The molecular weight excluding hydrogens is 94.0 g/mol. The normalized spacial score (nSPS) is 8.71. The van der Waals surface area contributed by atoms with E-state index >= 15 is 0 Å². The molecule has 0 fully saturated rings. The molecule has 0 aliphatic rings. The van der Waals surface area contributed by atoms with E-state index in [2.05, 4.69) is 4.74 Å². The number of hydrogen-bond donors (Lipinski definition) is 1. The number of carbonyl (C=O) groups is 1.